The maximum absolute atomic E-state index is 12.3. The molecule has 0 saturated carbocycles. The van der Waals surface area contributed by atoms with Crippen molar-refractivity contribution in [3.05, 3.63) is 29.8 Å². The fourth-order valence-corrected chi connectivity index (χ4v) is 1.76. The molecular formula is C10H7F3N2OS. The zero-order valence-corrected chi connectivity index (χ0v) is 9.23. The van der Waals surface area contributed by atoms with Crippen LogP contribution in [0.4, 0.5) is 18.9 Å². The van der Waals surface area contributed by atoms with Crippen molar-refractivity contribution in [1.82, 2.24) is 5.32 Å². The lowest BCUT2D eigenvalue weighted by atomic mass is 10.2. The first-order valence-electron chi connectivity index (χ1n) is 4.66. The lowest BCUT2D eigenvalue weighted by Crippen LogP contribution is -2.27. The van der Waals surface area contributed by atoms with E-state index < -0.39 is 11.7 Å². The van der Waals surface area contributed by atoms with Crippen molar-refractivity contribution in [2.75, 3.05) is 11.4 Å². The first-order valence-corrected chi connectivity index (χ1v) is 5.07. The molecule has 0 bridgehead atoms. The van der Waals surface area contributed by atoms with Crippen LogP contribution in [-0.2, 0) is 11.0 Å². The number of carbonyl (C=O) groups is 1. The van der Waals surface area contributed by atoms with Gasteiger partial charge in [-0.25, -0.2) is 0 Å². The van der Waals surface area contributed by atoms with Gasteiger partial charge >= 0.3 is 6.18 Å². The molecule has 7 heteroatoms. The number of nitrogens with zero attached hydrogens (tertiary/aromatic N) is 1. The first-order chi connectivity index (χ1) is 7.88. The lowest BCUT2D eigenvalue weighted by molar-refractivity contribution is -0.137. The van der Waals surface area contributed by atoms with Crippen LogP contribution in [0.15, 0.2) is 24.3 Å². The molecule has 17 heavy (non-hydrogen) atoms. The molecule has 1 aliphatic rings. The summed E-state index contributed by atoms with van der Waals surface area (Å²) in [5.41, 5.74) is -0.271. The van der Waals surface area contributed by atoms with Crippen LogP contribution in [0, 0.1) is 0 Å². The van der Waals surface area contributed by atoms with Crippen LogP contribution in [0.3, 0.4) is 0 Å². The number of anilines is 1. The van der Waals surface area contributed by atoms with E-state index in [0.29, 0.717) is 5.69 Å². The van der Waals surface area contributed by atoms with Crippen LogP contribution >= 0.6 is 12.2 Å². The van der Waals surface area contributed by atoms with Gasteiger partial charge in [-0.3, -0.25) is 4.79 Å². The summed E-state index contributed by atoms with van der Waals surface area (Å²) in [6.45, 7) is 0.0319. The van der Waals surface area contributed by atoms with Crippen molar-refractivity contribution < 1.29 is 18.0 Å². The van der Waals surface area contributed by atoms with Gasteiger partial charge in [0.15, 0.2) is 5.11 Å². The number of hydrogen-bond donors (Lipinski definition) is 1. The average molecular weight is 260 g/mol. The molecule has 1 aliphatic heterocycles. The first kappa shape index (κ1) is 11.8. The minimum Gasteiger partial charge on any atom is -0.309 e. The third-order valence-electron chi connectivity index (χ3n) is 2.30. The average Bonchev–Trinajstić information content (AvgIpc) is 2.57. The summed E-state index contributed by atoms with van der Waals surface area (Å²) in [4.78, 5) is 12.5. The third-order valence-corrected chi connectivity index (χ3v) is 2.62. The van der Waals surface area contributed by atoms with E-state index in [1.807, 2.05) is 0 Å². The standard InChI is InChI=1S/C10H7F3N2OS/c11-10(12,13)6-1-3-7(4-2-6)15-5-8(16)14-9(15)17/h1-4H,5H2,(H,14,16,17). The lowest BCUT2D eigenvalue weighted by Gasteiger charge is -2.16. The molecular weight excluding hydrogens is 253 g/mol. The molecule has 0 aromatic heterocycles. The highest BCUT2D eigenvalue weighted by atomic mass is 32.1. The maximum atomic E-state index is 12.3. The van der Waals surface area contributed by atoms with E-state index in [2.05, 4.69) is 5.32 Å². The van der Waals surface area contributed by atoms with Gasteiger partial charge in [-0.1, -0.05) is 0 Å². The topological polar surface area (TPSA) is 32.3 Å². The summed E-state index contributed by atoms with van der Waals surface area (Å²) in [7, 11) is 0. The Morgan fingerprint density at radius 2 is 1.82 bits per heavy atom. The van der Waals surface area contributed by atoms with E-state index in [1.54, 1.807) is 0 Å². The Morgan fingerprint density at radius 1 is 1.24 bits per heavy atom. The molecule has 1 saturated heterocycles. The number of thiocarbonyl (C=S) groups is 1. The number of halogens is 3. The largest absolute Gasteiger partial charge is 0.416 e. The molecule has 0 unspecified atom stereocenters. The molecule has 0 spiro atoms. The van der Waals surface area contributed by atoms with Gasteiger partial charge in [0.25, 0.3) is 0 Å². The van der Waals surface area contributed by atoms with E-state index in [1.165, 1.54) is 17.0 Å². The summed E-state index contributed by atoms with van der Waals surface area (Å²) < 4.78 is 37.0. The van der Waals surface area contributed by atoms with Gasteiger partial charge in [-0.05, 0) is 36.5 Å². The van der Waals surface area contributed by atoms with Crippen LogP contribution in [0.25, 0.3) is 0 Å². The van der Waals surface area contributed by atoms with Crippen LogP contribution in [0.2, 0.25) is 0 Å². The molecule has 3 nitrogen and oxygen atoms in total. The highest BCUT2D eigenvalue weighted by Gasteiger charge is 2.31. The van der Waals surface area contributed by atoms with Crippen LogP contribution in [0.1, 0.15) is 5.56 Å². The van der Waals surface area contributed by atoms with Crippen LogP contribution in [-0.4, -0.2) is 17.6 Å². The summed E-state index contributed by atoms with van der Waals surface area (Å²) in [5.74, 6) is -0.269. The smallest absolute Gasteiger partial charge is 0.309 e. The molecule has 1 N–H and O–H groups in total. The van der Waals surface area contributed by atoms with Gasteiger partial charge in [-0.2, -0.15) is 13.2 Å². The number of hydrogen-bond acceptors (Lipinski definition) is 2. The zero-order chi connectivity index (χ0) is 12.6. The second-order valence-electron chi connectivity index (χ2n) is 3.48. The van der Waals surface area contributed by atoms with Crippen LogP contribution in [0.5, 0.6) is 0 Å². The number of carbonyl (C=O) groups excluding carboxylic acids is 1. The number of rotatable bonds is 1. The van der Waals surface area contributed by atoms with E-state index in [-0.39, 0.29) is 17.6 Å². The van der Waals surface area contributed by atoms with Gasteiger partial charge in [0.2, 0.25) is 5.91 Å². The molecule has 1 heterocycles. The minimum absolute atomic E-state index is 0.0319. The quantitative estimate of drug-likeness (QED) is 0.783. The van der Waals surface area contributed by atoms with Crippen molar-refractivity contribution >= 4 is 28.9 Å². The number of alkyl halides is 3. The number of amides is 1. The summed E-state index contributed by atoms with van der Waals surface area (Å²) in [6.07, 6.45) is -4.36. The van der Waals surface area contributed by atoms with E-state index in [4.69, 9.17) is 12.2 Å². The Labute approximate surface area is 100 Å². The minimum atomic E-state index is -4.36. The molecule has 1 aromatic carbocycles. The third kappa shape index (κ3) is 2.38. The van der Waals surface area contributed by atoms with Gasteiger partial charge in [0, 0.05) is 5.69 Å². The van der Waals surface area contributed by atoms with Gasteiger partial charge in [-0.15, -0.1) is 0 Å². The Bertz CT molecular complexity index is 469. The second kappa shape index (κ2) is 3.99. The Morgan fingerprint density at radius 3 is 2.24 bits per heavy atom. The van der Waals surface area contributed by atoms with E-state index in [9.17, 15) is 18.0 Å². The Kier molecular flexibility index (Phi) is 2.78. The maximum Gasteiger partial charge on any atom is 0.416 e. The fourth-order valence-electron chi connectivity index (χ4n) is 1.48. The molecule has 0 radical (unpaired) electrons. The molecule has 2 rings (SSSR count). The molecule has 0 atom stereocenters. The Balaban J connectivity index is 2.24. The number of nitrogens with one attached hydrogen (secondary N) is 1. The molecule has 90 valence electrons. The zero-order valence-electron chi connectivity index (χ0n) is 8.41. The fraction of sp³-hybridized carbons (Fsp3) is 0.200. The van der Waals surface area contributed by atoms with Gasteiger partial charge < -0.3 is 10.2 Å². The van der Waals surface area contributed by atoms with Gasteiger partial charge in [0.1, 0.15) is 6.54 Å². The van der Waals surface area contributed by atoms with Crippen molar-refractivity contribution in [1.29, 1.82) is 0 Å². The second-order valence-corrected chi connectivity index (χ2v) is 3.87. The summed E-state index contributed by atoms with van der Waals surface area (Å²) >= 11 is 4.88. The highest BCUT2D eigenvalue weighted by molar-refractivity contribution is 7.80. The monoisotopic (exact) mass is 260 g/mol. The van der Waals surface area contributed by atoms with Crippen molar-refractivity contribution in [2.45, 2.75) is 6.18 Å². The van der Waals surface area contributed by atoms with Crippen molar-refractivity contribution in [3.8, 4) is 0 Å². The summed E-state index contributed by atoms with van der Waals surface area (Å²) in [5, 5.41) is 2.61. The molecule has 1 aromatic rings. The van der Waals surface area contributed by atoms with Crippen LogP contribution < -0.4 is 10.2 Å². The molecule has 1 fully saturated rings. The van der Waals surface area contributed by atoms with Crippen molar-refractivity contribution in [2.24, 2.45) is 0 Å². The van der Waals surface area contributed by atoms with Crippen molar-refractivity contribution in [3.63, 3.8) is 0 Å². The summed E-state index contributed by atoms with van der Waals surface area (Å²) in [6, 6.07) is 4.49. The predicted molar refractivity (Wildman–Crippen MR) is 59.5 cm³/mol. The predicted octanol–water partition coefficient (Wildman–Crippen LogP) is 1.93. The van der Waals surface area contributed by atoms with Gasteiger partial charge in [0.05, 0.1) is 5.56 Å². The van der Waals surface area contributed by atoms with E-state index in [0.717, 1.165) is 12.1 Å². The number of benzene rings is 1. The highest BCUT2D eigenvalue weighted by Crippen LogP contribution is 2.30. The molecule has 0 aliphatic carbocycles. The Hall–Kier alpha value is -1.63. The molecule has 1 amide bonds. The SMILES string of the molecule is O=C1CN(c2ccc(C(F)(F)F)cc2)C(=S)N1. The normalized spacial score (nSPS) is 16.3. The van der Waals surface area contributed by atoms with E-state index >= 15 is 0 Å².